The van der Waals surface area contributed by atoms with Gasteiger partial charge in [0.1, 0.15) is 5.00 Å². The van der Waals surface area contributed by atoms with Crippen molar-refractivity contribution in [2.75, 3.05) is 5.32 Å². The molecule has 5 heteroatoms. The second kappa shape index (κ2) is 6.61. The van der Waals surface area contributed by atoms with Crippen LogP contribution in [0.25, 0.3) is 0 Å². The number of hydrogen-bond acceptors (Lipinski definition) is 3. The van der Waals surface area contributed by atoms with E-state index >= 15 is 0 Å². The largest absolute Gasteiger partial charge is 0.365 e. The lowest BCUT2D eigenvalue weighted by molar-refractivity contribution is -0.140. The summed E-state index contributed by atoms with van der Waals surface area (Å²) in [5, 5.41) is 3.96. The molecule has 0 spiro atoms. The Hall–Kier alpha value is -1.36. The predicted molar refractivity (Wildman–Crippen MR) is 108 cm³/mol. The van der Waals surface area contributed by atoms with Crippen LogP contribution in [-0.2, 0) is 17.6 Å². The molecule has 0 aromatic carbocycles. The van der Waals surface area contributed by atoms with Crippen molar-refractivity contribution in [1.82, 2.24) is 0 Å². The van der Waals surface area contributed by atoms with Crippen molar-refractivity contribution in [3.63, 3.8) is 0 Å². The third-order valence-corrected chi connectivity index (χ3v) is 8.87. The number of carbonyl (C=O) groups excluding carboxylic acids is 2. The standard InChI is InChI=1S/C22H30N2O2S/c23-19(25)18-16-5-3-1-2-4-6-17(16)27-20(18)24-21(26)22-10-13-7-14(11-22)9-15(8-13)12-22/h13-15H,1-12H2,(H2,23,25)(H,24,26). The van der Waals surface area contributed by atoms with Gasteiger partial charge in [-0.15, -0.1) is 11.3 Å². The summed E-state index contributed by atoms with van der Waals surface area (Å²) in [4.78, 5) is 27.0. The maximum absolute atomic E-state index is 13.4. The molecule has 6 rings (SSSR count). The van der Waals surface area contributed by atoms with Gasteiger partial charge in [0.05, 0.1) is 11.0 Å². The van der Waals surface area contributed by atoms with E-state index in [1.54, 1.807) is 11.3 Å². The average Bonchev–Trinajstić information content (AvgIpc) is 2.90. The number of anilines is 1. The number of nitrogens with two attached hydrogens (primary N) is 1. The number of nitrogens with one attached hydrogen (secondary N) is 1. The van der Waals surface area contributed by atoms with Gasteiger partial charge in [-0.05, 0) is 87.5 Å². The third kappa shape index (κ3) is 3.02. The Morgan fingerprint density at radius 1 is 0.926 bits per heavy atom. The summed E-state index contributed by atoms with van der Waals surface area (Å²) in [6.45, 7) is 0. The number of aryl methyl sites for hydroxylation is 1. The van der Waals surface area contributed by atoms with Gasteiger partial charge in [-0.1, -0.05) is 12.8 Å². The first-order chi connectivity index (χ1) is 13.0. The highest BCUT2D eigenvalue weighted by atomic mass is 32.1. The van der Waals surface area contributed by atoms with Crippen molar-refractivity contribution in [2.45, 2.75) is 77.0 Å². The summed E-state index contributed by atoms with van der Waals surface area (Å²) in [6.07, 6.45) is 13.8. The molecule has 1 aromatic heterocycles. The van der Waals surface area contributed by atoms with Crippen molar-refractivity contribution in [2.24, 2.45) is 28.9 Å². The Kier molecular flexibility index (Phi) is 4.34. The molecule has 2 amide bonds. The molecule has 1 aromatic rings. The first kappa shape index (κ1) is 17.7. The van der Waals surface area contributed by atoms with E-state index in [1.807, 2.05) is 0 Å². The number of fused-ring (bicyclic) bond motifs is 1. The Bertz CT molecular complexity index is 746. The van der Waals surface area contributed by atoms with Crippen LogP contribution in [-0.4, -0.2) is 11.8 Å². The van der Waals surface area contributed by atoms with E-state index in [0.717, 1.165) is 73.3 Å². The lowest BCUT2D eigenvalue weighted by atomic mass is 9.49. The molecule has 1 heterocycles. The monoisotopic (exact) mass is 386 g/mol. The number of amides is 2. The summed E-state index contributed by atoms with van der Waals surface area (Å²) in [7, 11) is 0. The van der Waals surface area contributed by atoms with Crippen molar-refractivity contribution in [3.05, 3.63) is 16.0 Å². The van der Waals surface area contributed by atoms with Crippen LogP contribution in [0.1, 0.15) is 85.0 Å². The quantitative estimate of drug-likeness (QED) is 0.793. The molecule has 0 unspecified atom stereocenters. The maximum Gasteiger partial charge on any atom is 0.251 e. The zero-order chi connectivity index (χ0) is 18.6. The summed E-state index contributed by atoms with van der Waals surface area (Å²) >= 11 is 1.61. The van der Waals surface area contributed by atoms with Gasteiger partial charge in [0.2, 0.25) is 5.91 Å². The predicted octanol–water partition coefficient (Wildman–Crippen LogP) is 4.66. The number of hydrogen-bond donors (Lipinski definition) is 2. The molecule has 4 fully saturated rings. The smallest absolute Gasteiger partial charge is 0.251 e. The summed E-state index contributed by atoms with van der Waals surface area (Å²) in [6, 6.07) is 0. The minimum absolute atomic E-state index is 0.165. The average molecular weight is 387 g/mol. The molecule has 4 nitrogen and oxygen atoms in total. The summed E-state index contributed by atoms with van der Waals surface area (Å²) < 4.78 is 0. The molecule has 4 saturated carbocycles. The van der Waals surface area contributed by atoms with Crippen LogP contribution in [0.4, 0.5) is 5.00 Å². The molecule has 0 radical (unpaired) electrons. The second-order valence-electron chi connectivity index (χ2n) is 9.64. The van der Waals surface area contributed by atoms with E-state index in [2.05, 4.69) is 5.32 Å². The minimum Gasteiger partial charge on any atom is -0.365 e. The third-order valence-electron chi connectivity index (χ3n) is 7.66. The molecule has 0 aliphatic heterocycles. The molecular weight excluding hydrogens is 356 g/mol. The molecule has 4 bridgehead atoms. The topological polar surface area (TPSA) is 72.2 Å². The van der Waals surface area contributed by atoms with E-state index in [-0.39, 0.29) is 17.2 Å². The molecule has 27 heavy (non-hydrogen) atoms. The van der Waals surface area contributed by atoms with Gasteiger partial charge < -0.3 is 11.1 Å². The molecule has 5 aliphatic carbocycles. The Labute approximate surface area is 165 Å². The maximum atomic E-state index is 13.4. The first-order valence-electron chi connectivity index (χ1n) is 10.8. The van der Waals surface area contributed by atoms with E-state index in [1.165, 1.54) is 37.0 Å². The lowest BCUT2D eigenvalue weighted by Gasteiger charge is -2.55. The molecule has 146 valence electrons. The van der Waals surface area contributed by atoms with Gasteiger partial charge >= 0.3 is 0 Å². The number of thiophene rings is 1. The van der Waals surface area contributed by atoms with Crippen molar-refractivity contribution >= 4 is 28.2 Å². The number of rotatable bonds is 3. The van der Waals surface area contributed by atoms with Crippen LogP contribution in [0.5, 0.6) is 0 Å². The fraction of sp³-hybridized carbons (Fsp3) is 0.727. The first-order valence-corrected chi connectivity index (χ1v) is 11.6. The van der Waals surface area contributed by atoms with Gasteiger partial charge in [-0.25, -0.2) is 0 Å². The van der Waals surface area contributed by atoms with Crippen molar-refractivity contribution in [1.29, 1.82) is 0 Å². The molecule has 5 aliphatic rings. The Morgan fingerprint density at radius 2 is 1.52 bits per heavy atom. The van der Waals surface area contributed by atoms with Crippen molar-refractivity contribution in [3.8, 4) is 0 Å². The number of primary amides is 1. The Morgan fingerprint density at radius 3 is 2.11 bits per heavy atom. The normalized spacial score (nSPS) is 34.6. The van der Waals surface area contributed by atoms with Crippen LogP contribution in [0, 0.1) is 23.2 Å². The van der Waals surface area contributed by atoms with Crippen LogP contribution >= 0.6 is 11.3 Å². The Balaban J connectivity index is 1.44. The van der Waals surface area contributed by atoms with Gasteiger partial charge in [0, 0.05) is 4.88 Å². The van der Waals surface area contributed by atoms with Crippen LogP contribution in [0.2, 0.25) is 0 Å². The SMILES string of the molecule is NC(=O)c1c(NC(=O)C23CC4CC(CC(C4)C2)C3)sc2c1CCCCCC2. The molecular formula is C22H30N2O2S. The van der Waals surface area contributed by atoms with E-state index in [0.29, 0.717) is 5.56 Å². The van der Waals surface area contributed by atoms with E-state index in [9.17, 15) is 9.59 Å². The molecule has 0 atom stereocenters. The van der Waals surface area contributed by atoms with Gasteiger partial charge in [-0.2, -0.15) is 0 Å². The van der Waals surface area contributed by atoms with E-state index in [4.69, 9.17) is 5.73 Å². The number of carbonyl (C=O) groups is 2. The molecule has 3 N–H and O–H groups in total. The van der Waals surface area contributed by atoms with E-state index < -0.39 is 0 Å². The second-order valence-corrected chi connectivity index (χ2v) is 10.7. The fourth-order valence-electron chi connectivity index (χ4n) is 6.89. The van der Waals surface area contributed by atoms with Crippen LogP contribution < -0.4 is 11.1 Å². The minimum atomic E-state index is -0.381. The zero-order valence-corrected chi connectivity index (χ0v) is 16.8. The fourth-order valence-corrected chi connectivity index (χ4v) is 8.18. The lowest BCUT2D eigenvalue weighted by Crippen LogP contribution is -2.51. The zero-order valence-electron chi connectivity index (χ0n) is 16.0. The highest BCUT2D eigenvalue weighted by Gasteiger charge is 2.54. The highest BCUT2D eigenvalue weighted by Crippen LogP contribution is 2.60. The van der Waals surface area contributed by atoms with Crippen LogP contribution in [0.3, 0.4) is 0 Å². The summed E-state index contributed by atoms with van der Waals surface area (Å²) in [5.41, 5.74) is 7.30. The van der Waals surface area contributed by atoms with Gasteiger partial charge in [0.25, 0.3) is 5.91 Å². The van der Waals surface area contributed by atoms with Gasteiger partial charge in [-0.3, -0.25) is 9.59 Å². The van der Waals surface area contributed by atoms with Crippen molar-refractivity contribution < 1.29 is 9.59 Å². The van der Waals surface area contributed by atoms with Gasteiger partial charge in [0.15, 0.2) is 0 Å². The molecule has 0 saturated heterocycles. The highest BCUT2D eigenvalue weighted by molar-refractivity contribution is 7.17. The summed E-state index contributed by atoms with van der Waals surface area (Å²) in [5.74, 6) is 2.00. The van der Waals surface area contributed by atoms with Crippen LogP contribution in [0.15, 0.2) is 0 Å².